The number of ketones is 1. The molecule has 1 fully saturated rings. The van der Waals surface area contributed by atoms with Crippen molar-refractivity contribution in [3.05, 3.63) is 69.8 Å². The van der Waals surface area contributed by atoms with Gasteiger partial charge in [-0.25, -0.2) is 0 Å². The maximum Gasteiger partial charge on any atom is 0.269 e. The lowest BCUT2D eigenvalue weighted by Crippen LogP contribution is -2.35. The maximum atomic E-state index is 12.4. The second-order valence-corrected chi connectivity index (χ2v) is 6.51. The first kappa shape index (κ1) is 18.6. The van der Waals surface area contributed by atoms with Crippen molar-refractivity contribution in [2.24, 2.45) is 0 Å². The molecule has 7 heteroatoms. The van der Waals surface area contributed by atoms with Crippen LogP contribution in [0.2, 0.25) is 0 Å². The number of hydrogen-bond donors (Lipinski definition) is 1. The minimum atomic E-state index is -0.501. The van der Waals surface area contributed by atoms with Gasteiger partial charge in [0.1, 0.15) is 0 Å². The molecule has 2 aromatic carbocycles. The number of carbonyl (C=O) groups is 2. The summed E-state index contributed by atoms with van der Waals surface area (Å²) in [5.41, 5.74) is 1.74. The van der Waals surface area contributed by atoms with E-state index in [-0.39, 0.29) is 23.9 Å². The summed E-state index contributed by atoms with van der Waals surface area (Å²) in [6, 6.07) is 12.6. The lowest BCUT2D eigenvalue weighted by molar-refractivity contribution is -0.384. The molecule has 1 N–H and O–H groups in total. The van der Waals surface area contributed by atoms with Crippen molar-refractivity contribution in [1.29, 1.82) is 0 Å². The fraction of sp³-hybridized carbons (Fsp3) is 0.300. The van der Waals surface area contributed by atoms with Crippen LogP contribution in [0.15, 0.2) is 48.5 Å². The lowest BCUT2D eigenvalue weighted by Gasteiger charge is -2.26. The minimum absolute atomic E-state index is 0.0446. The molecule has 0 aliphatic carbocycles. The van der Waals surface area contributed by atoms with E-state index in [1.807, 2.05) is 4.90 Å². The molecule has 0 spiro atoms. The molecule has 0 radical (unpaired) electrons. The van der Waals surface area contributed by atoms with Crippen LogP contribution in [-0.2, 0) is 0 Å². The number of likely N-dealkylation sites (tertiary alicyclic amines) is 1. The van der Waals surface area contributed by atoms with Gasteiger partial charge in [0.05, 0.1) is 11.5 Å². The van der Waals surface area contributed by atoms with Crippen LogP contribution in [0.1, 0.15) is 40.0 Å². The summed E-state index contributed by atoms with van der Waals surface area (Å²) in [7, 11) is 0. The summed E-state index contributed by atoms with van der Waals surface area (Å²) in [6.07, 6.45) is 3.28. The monoisotopic (exact) mass is 367 g/mol. The number of nitro groups is 1. The molecule has 27 heavy (non-hydrogen) atoms. The molecule has 1 heterocycles. The summed E-state index contributed by atoms with van der Waals surface area (Å²) in [4.78, 5) is 36.7. The van der Waals surface area contributed by atoms with E-state index >= 15 is 0 Å². The highest BCUT2D eigenvalue weighted by Crippen LogP contribution is 2.16. The fourth-order valence-electron chi connectivity index (χ4n) is 3.06. The van der Waals surface area contributed by atoms with Crippen molar-refractivity contribution >= 4 is 23.1 Å². The standard InChI is InChI=1S/C20H21N3O4/c24-19(15-6-10-18(11-7-15)23(26)27)14-21-17-8-4-16(5-9-17)20(25)22-12-2-1-3-13-22/h4-11,21H,1-3,12-14H2. The highest BCUT2D eigenvalue weighted by Gasteiger charge is 2.18. The van der Waals surface area contributed by atoms with Gasteiger partial charge in [0, 0.05) is 42.0 Å². The Morgan fingerprint density at radius 1 is 0.926 bits per heavy atom. The van der Waals surface area contributed by atoms with E-state index in [1.165, 1.54) is 30.7 Å². The highest BCUT2D eigenvalue weighted by molar-refractivity contribution is 5.99. The van der Waals surface area contributed by atoms with E-state index in [1.54, 1.807) is 24.3 Å². The summed E-state index contributed by atoms with van der Waals surface area (Å²) >= 11 is 0. The van der Waals surface area contributed by atoms with E-state index in [0.717, 1.165) is 31.6 Å². The molecule has 0 unspecified atom stereocenters. The summed E-state index contributed by atoms with van der Waals surface area (Å²) in [6.45, 7) is 1.68. The Morgan fingerprint density at radius 3 is 2.11 bits per heavy atom. The third-order valence-corrected chi connectivity index (χ3v) is 4.63. The molecule has 1 saturated heterocycles. The topological polar surface area (TPSA) is 92.6 Å². The molecule has 1 aliphatic heterocycles. The molecule has 0 aromatic heterocycles. The molecule has 3 rings (SSSR count). The molecule has 7 nitrogen and oxygen atoms in total. The molecule has 1 amide bonds. The zero-order valence-electron chi connectivity index (χ0n) is 14.9. The second-order valence-electron chi connectivity index (χ2n) is 6.51. The lowest BCUT2D eigenvalue weighted by atomic mass is 10.1. The van der Waals surface area contributed by atoms with E-state index in [2.05, 4.69) is 5.32 Å². The van der Waals surface area contributed by atoms with Gasteiger partial charge in [-0.2, -0.15) is 0 Å². The maximum absolute atomic E-state index is 12.4. The van der Waals surface area contributed by atoms with Crippen molar-refractivity contribution in [3.63, 3.8) is 0 Å². The predicted molar refractivity (Wildman–Crippen MR) is 102 cm³/mol. The molecule has 2 aromatic rings. The number of Topliss-reactive ketones (excluding diaryl/α,β-unsaturated/α-hetero) is 1. The highest BCUT2D eigenvalue weighted by atomic mass is 16.6. The Morgan fingerprint density at radius 2 is 1.52 bits per heavy atom. The Balaban J connectivity index is 1.55. The quantitative estimate of drug-likeness (QED) is 0.479. The number of nitro benzene ring substituents is 1. The summed E-state index contributed by atoms with van der Waals surface area (Å²) in [5, 5.41) is 13.7. The van der Waals surface area contributed by atoms with Gasteiger partial charge in [-0.1, -0.05) is 0 Å². The van der Waals surface area contributed by atoms with Crippen LogP contribution < -0.4 is 5.32 Å². The smallest absolute Gasteiger partial charge is 0.269 e. The number of carbonyl (C=O) groups excluding carboxylic acids is 2. The number of anilines is 1. The number of amides is 1. The van der Waals surface area contributed by atoms with Crippen LogP contribution in [0.4, 0.5) is 11.4 Å². The predicted octanol–water partition coefficient (Wildman–Crippen LogP) is 3.52. The average molecular weight is 367 g/mol. The summed E-state index contributed by atoms with van der Waals surface area (Å²) in [5.74, 6) is -0.124. The molecular formula is C20H21N3O4. The zero-order chi connectivity index (χ0) is 19.2. The first-order valence-corrected chi connectivity index (χ1v) is 8.95. The van der Waals surface area contributed by atoms with Crippen molar-refractivity contribution in [2.75, 3.05) is 25.0 Å². The number of rotatable bonds is 6. The third kappa shape index (κ3) is 4.69. The van der Waals surface area contributed by atoms with Crippen molar-refractivity contribution in [1.82, 2.24) is 4.90 Å². The van der Waals surface area contributed by atoms with E-state index in [9.17, 15) is 19.7 Å². The van der Waals surface area contributed by atoms with Crippen molar-refractivity contribution < 1.29 is 14.5 Å². The molecular weight excluding hydrogens is 346 g/mol. The van der Waals surface area contributed by atoms with Crippen LogP contribution in [-0.4, -0.2) is 41.1 Å². The van der Waals surface area contributed by atoms with Crippen molar-refractivity contribution in [2.45, 2.75) is 19.3 Å². The fourth-order valence-corrected chi connectivity index (χ4v) is 3.06. The van der Waals surface area contributed by atoms with Crippen LogP contribution >= 0.6 is 0 Å². The zero-order valence-corrected chi connectivity index (χ0v) is 14.9. The van der Waals surface area contributed by atoms with E-state index in [4.69, 9.17) is 0 Å². The van der Waals surface area contributed by atoms with Gasteiger partial charge in [-0.15, -0.1) is 0 Å². The van der Waals surface area contributed by atoms with Gasteiger partial charge in [-0.05, 0) is 55.7 Å². The number of nitrogens with one attached hydrogen (secondary N) is 1. The Bertz CT molecular complexity index is 825. The number of non-ortho nitro benzene ring substituents is 1. The van der Waals surface area contributed by atoms with Crippen LogP contribution in [0.25, 0.3) is 0 Å². The normalized spacial score (nSPS) is 13.9. The van der Waals surface area contributed by atoms with Crippen LogP contribution in [0.3, 0.4) is 0 Å². The third-order valence-electron chi connectivity index (χ3n) is 4.63. The molecule has 1 aliphatic rings. The second kappa shape index (κ2) is 8.44. The molecule has 140 valence electrons. The van der Waals surface area contributed by atoms with Crippen molar-refractivity contribution in [3.8, 4) is 0 Å². The number of hydrogen-bond acceptors (Lipinski definition) is 5. The van der Waals surface area contributed by atoms with Crippen LogP contribution in [0, 0.1) is 10.1 Å². The van der Waals surface area contributed by atoms with Gasteiger partial charge < -0.3 is 10.2 Å². The van der Waals surface area contributed by atoms with Gasteiger partial charge >= 0.3 is 0 Å². The van der Waals surface area contributed by atoms with Gasteiger partial charge in [0.2, 0.25) is 0 Å². The number of benzene rings is 2. The summed E-state index contributed by atoms with van der Waals surface area (Å²) < 4.78 is 0. The van der Waals surface area contributed by atoms with E-state index in [0.29, 0.717) is 11.1 Å². The molecule has 0 atom stereocenters. The minimum Gasteiger partial charge on any atom is -0.378 e. The Kier molecular flexibility index (Phi) is 5.80. The first-order valence-electron chi connectivity index (χ1n) is 8.95. The van der Waals surface area contributed by atoms with Gasteiger partial charge in [0.25, 0.3) is 11.6 Å². The first-order chi connectivity index (χ1) is 13.0. The SMILES string of the molecule is O=C(CNc1ccc(C(=O)N2CCCCC2)cc1)c1ccc([N+](=O)[O-])cc1. The van der Waals surface area contributed by atoms with Crippen LogP contribution in [0.5, 0.6) is 0 Å². The molecule has 0 bridgehead atoms. The average Bonchev–Trinajstić information content (AvgIpc) is 2.72. The Hall–Kier alpha value is -3.22. The van der Waals surface area contributed by atoms with Gasteiger partial charge in [-0.3, -0.25) is 19.7 Å². The largest absolute Gasteiger partial charge is 0.378 e. The number of piperidine rings is 1. The Labute approximate surface area is 157 Å². The van der Waals surface area contributed by atoms with Gasteiger partial charge in [0.15, 0.2) is 5.78 Å². The van der Waals surface area contributed by atoms with E-state index < -0.39 is 4.92 Å². The molecule has 0 saturated carbocycles. The number of nitrogens with zero attached hydrogens (tertiary/aromatic N) is 2.